The first-order valence-electron chi connectivity index (χ1n) is 6.46. The number of hydrogen-bond acceptors (Lipinski definition) is 3. The fraction of sp³-hybridized carbons (Fsp3) is 0.200. The van der Waals surface area contributed by atoms with E-state index in [0.29, 0.717) is 12.0 Å². The molecule has 2 aromatic heterocycles. The van der Waals surface area contributed by atoms with E-state index in [0.717, 1.165) is 28.6 Å². The minimum absolute atomic E-state index is 0. The van der Waals surface area contributed by atoms with Gasteiger partial charge in [-0.15, -0.1) is 12.4 Å². The molecule has 0 saturated heterocycles. The number of nitrogens with one attached hydrogen (secondary N) is 1. The molecule has 0 aliphatic heterocycles. The van der Waals surface area contributed by atoms with Crippen LogP contribution in [0.25, 0.3) is 22.2 Å². The van der Waals surface area contributed by atoms with E-state index in [1.54, 1.807) is 0 Å². The van der Waals surface area contributed by atoms with Crippen molar-refractivity contribution in [3.05, 3.63) is 48.3 Å². The van der Waals surface area contributed by atoms with Crippen LogP contribution in [0.5, 0.6) is 0 Å². The number of rotatable bonds is 2. The Morgan fingerprint density at radius 3 is 2.70 bits per heavy atom. The van der Waals surface area contributed by atoms with Crippen molar-refractivity contribution >= 4 is 23.3 Å². The van der Waals surface area contributed by atoms with Gasteiger partial charge in [-0.2, -0.15) is 5.10 Å². The lowest BCUT2D eigenvalue weighted by atomic mass is 10.1. The number of halogens is 1. The van der Waals surface area contributed by atoms with Crippen molar-refractivity contribution in [3.63, 3.8) is 0 Å². The monoisotopic (exact) mass is 286 g/mol. The van der Waals surface area contributed by atoms with E-state index in [9.17, 15) is 0 Å². The summed E-state index contributed by atoms with van der Waals surface area (Å²) >= 11 is 0. The van der Waals surface area contributed by atoms with Crippen molar-refractivity contribution in [1.82, 2.24) is 15.2 Å². The third-order valence-electron chi connectivity index (χ3n) is 3.79. The lowest BCUT2D eigenvalue weighted by Gasteiger charge is -2.03. The van der Waals surface area contributed by atoms with Gasteiger partial charge in [-0.25, -0.2) is 0 Å². The van der Waals surface area contributed by atoms with Crippen LogP contribution >= 0.6 is 12.4 Å². The molecule has 1 aliphatic carbocycles. The Kier molecular flexibility index (Phi) is 3.20. The Morgan fingerprint density at radius 2 is 2.00 bits per heavy atom. The topological polar surface area (TPSA) is 67.6 Å². The van der Waals surface area contributed by atoms with Gasteiger partial charge < -0.3 is 5.73 Å². The van der Waals surface area contributed by atoms with Crippen molar-refractivity contribution in [2.75, 3.05) is 0 Å². The highest BCUT2D eigenvalue weighted by Gasteiger charge is 2.34. The highest BCUT2D eigenvalue weighted by molar-refractivity contribution is 5.85. The van der Waals surface area contributed by atoms with Crippen LogP contribution in [0.1, 0.15) is 17.9 Å². The first-order chi connectivity index (χ1) is 9.31. The largest absolute Gasteiger partial charge is 0.327 e. The van der Waals surface area contributed by atoms with Crippen LogP contribution in [-0.2, 0) is 0 Å². The van der Waals surface area contributed by atoms with Gasteiger partial charge in [-0.05, 0) is 24.1 Å². The van der Waals surface area contributed by atoms with Gasteiger partial charge in [0.15, 0.2) is 0 Å². The van der Waals surface area contributed by atoms with Crippen molar-refractivity contribution in [3.8, 4) is 11.3 Å². The molecule has 0 bridgehead atoms. The second-order valence-electron chi connectivity index (χ2n) is 5.15. The molecule has 20 heavy (non-hydrogen) atoms. The molecule has 2 atom stereocenters. The molecule has 1 saturated carbocycles. The molecular formula is C15H15ClN4. The average Bonchev–Trinajstić information content (AvgIpc) is 3.00. The lowest BCUT2D eigenvalue weighted by Crippen LogP contribution is -2.01. The first kappa shape index (κ1) is 13.1. The Morgan fingerprint density at radius 1 is 1.15 bits per heavy atom. The van der Waals surface area contributed by atoms with Gasteiger partial charge >= 0.3 is 0 Å². The minimum Gasteiger partial charge on any atom is -0.327 e. The van der Waals surface area contributed by atoms with Crippen LogP contribution in [0.4, 0.5) is 0 Å². The molecule has 3 N–H and O–H groups in total. The SMILES string of the molecule is Cl.NC1CC1c1ccc(-c2ccc3cn[nH]c3c2)nc1. The van der Waals surface area contributed by atoms with Crippen molar-refractivity contribution in [1.29, 1.82) is 0 Å². The number of pyridine rings is 1. The smallest absolute Gasteiger partial charge is 0.0702 e. The fourth-order valence-corrected chi connectivity index (χ4v) is 2.49. The Hall–Kier alpha value is -1.91. The summed E-state index contributed by atoms with van der Waals surface area (Å²) in [7, 11) is 0. The van der Waals surface area contributed by atoms with Gasteiger partial charge in [0.1, 0.15) is 0 Å². The second kappa shape index (κ2) is 4.89. The maximum atomic E-state index is 5.86. The van der Waals surface area contributed by atoms with Gasteiger partial charge in [0, 0.05) is 29.1 Å². The number of fused-ring (bicyclic) bond motifs is 1. The summed E-state index contributed by atoms with van der Waals surface area (Å²) in [6, 6.07) is 10.7. The first-order valence-corrected chi connectivity index (χ1v) is 6.46. The Labute approximate surface area is 122 Å². The van der Waals surface area contributed by atoms with Crippen molar-refractivity contribution in [2.24, 2.45) is 5.73 Å². The van der Waals surface area contributed by atoms with Gasteiger partial charge in [-0.3, -0.25) is 10.1 Å². The van der Waals surface area contributed by atoms with Crippen molar-refractivity contribution in [2.45, 2.75) is 18.4 Å². The van der Waals surface area contributed by atoms with Crippen molar-refractivity contribution < 1.29 is 0 Å². The molecule has 1 aliphatic rings. The lowest BCUT2D eigenvalue weighted by molar-refractivity contribution is 0.981. The Balaban J connectivity index is 0.00000121. The molecule has 1 aromatic carbocycles. The van der Waals surface area contributed by atoms with Gasteiger partial charge in [0.2, 0.25) is 0 Å². The second-order valence-corrected chi connectivity index (χ2v) is 5.15. The molecule has 102 valence electrons. The zero-order chi connectivity index (χ0) is 12.8. The highest BCUT2D eigenvalue weighted by atomic mass is 35.5. The number of aromatic amines is 1. The number of benzene rings is 1. The summed E-state index contributed by atoms with van der Waals surface area (Å²) < 4.78 is 0. The molecule has 0 amide bonds. The standard InChI is InChI=1S/C15H14N4.ClH/c16-13-6-12(13)10-3-4-14(17-7-10)9-1-2-11-8-18-19-15(11)5-9;/h1-5,7-8,12-13H,6,16H2,(H,18,19);1H. The minimum atomic E-state index is 0. The number of nitrogens with zero attached hydrogens (tertiary/aromatic N) is 2. The zero-order valence-corrected chi connectivity index (χ0v) is 11.6. The van der Waals surface area contributed by atoms with E-state index >= 15 is 0 Å². The molecule has 0 radical (unpaired) electrons. The molecular weight excluding hydrogens is 272 g/mol. The zero-order valence-electron chi connectivity index (χ0n) is 10.8. The quantitative estimate of drug-likeness (QED) is 0.761. The van der Waals surface area contributed by atoms with E-state index in [4.69, 9.17) is 5.73 Å². The van der Waals surface area contributed by atoms with E-state index < -0.39 is 0 Å². The van der Waals surface area contributed by atoms with E-state index in [1.165, 1.54) is 5.56 Å². The highest BCUT2D eigenvalue weighted by Crippen LogP contribution is 2.38. The van der Waals surface area contributed by atoms with E-state index in [1.807, 2.05) is 12.4 Å². The number of nitrogens with two attached hydrogens (primary N) is 1. The van der Waals surface area contributed by atoms with Crippen LogP contribution in [0, 0.1) is 0 Å². The fourth-order valence-electron chi connectivity index (χ4n) is 2.49. The normalized spacial score (nSPS) is 20.6. The summed E-state index contributed by atoms with van der Waals surface area (Å²) in [6.07, 6.45) is 4.86. The van der Waals surface area contributed by atoms with E-state index in [-0.39, 0.29) is 12.4 Å². The molecule has 4 nitrogen and oxygen atoms in total. The summed E-state index contributed by atoms with van der Waals surface area (Å²) in [5, 5.41) is 8.13. The van der Waals surface area contributed by atoms with Crippen LogP contribution in [0.15, 0.2) is 42.7 Å². The maximum absolute atomic E-state index is 5.86. The average molecular weight is 287 g/mol. The number of H-pyrrole nitrogens is 1. The third kappa shape index (κ3) is 2.17. The predicted molar refractivity (Wildman–Crippen MR) is 81.9 cm³/mol. The molecule has 1 fully saturated rings. The molecule has 2 unspecified atom stereocenters. The maximum Gasteiger partial charge on any atom is 0.0702 e. The third-order valence-corrected chi connectivity index (χ3v) is 3.79. The van der Waals surface area contributed by atoms with Gasteiger partial charge in [-0.1, -0.05) is 18.2 Å². The van der Waals surface area contributed by atoms with Gasteiger partial charge in [0.05, 0.1) is 17.4 Å². The van der Waals surface area contributed by atoms with Crippen LogP contribution in [-0.4, -0.2) is 21.2 Å². The molecule has 5 heteroatoms. The summed E-state index contributed by atoms with van der Waals surface area (Å²) in [4.78, 5) is 4.55. The molecule has 3 aromatic rings. The number of aromatic nitrogens is 3. The molecule has 0 spiro atoms. The van der Waals surface area contributed by atoms with Crippen LogP contribution in [0.3, 0.4) is 0 Å². The number of hydrogen-bond donors (Lipinski definition) is 2. The van der Waals surface area contributed by atoms with Gasteiger partial charge in [0.25, 0.3) is 0 Å². The molecule has 2 heterocycles. The van der Waals surface area contributed by atoms with Crippen LogP contribution in [0.2, 0.25) is 0 Å². The molecule has 4 rings (SSSR count). The Bertz CT molecular complexity index is 735. The predicted octanol–water partition coefficient (Wildman–Crippen LogP) is 2.86. The summed E-state index contributed by atoms with van der Waals surface area (Å²) in [5.41, 5.74) is 10.2. The van der Waals surface area contributed by atoms with Crippen LogP contribution < -0.4 is 5.73 Å². The van der Waals surface area contributed by atoms with E-state index in [2.05, 4.69) is 45.5 Å². The summed E-state index contributed by atoms with van der Waals surface area (Å²) in [5.74, 6) is 0.511. The summed E-state index contributed by atoms with van der Waals surface area (Å²) in [6.45, 7) is 0.